The van der Waals surface area contributed by atoms with Crippen molar-refractivity contribution in [1.29, 1.82) is 0 Å². The number of fused-ring (bicyclic) bond motifs is 1. The summed E-state index contributed by atoms with van der Waals surface area (Å²) in [5.74, 6) is 0.348. The van der Waals surface area contributed by atoms with E-state index >= 15 is 0 Å². The van der Waals surface area contributed by atoms with Gasteiger partial charge in [-0.05, 0) is 23.8 Å². The molecular weight excluding hydrogens is 307 g/mol. The maximum Gasteiger partial charge on any atom is 0.416 e. The maximum atomic E-state index is 13.0. The number of halogens is 3. The number of aromatic nitrogens is 3. The Bertz CT molecular complexity index is 848. The van der Waals surface area contributed by atoms with Crippen molar-refractivity contribution in [2.24, 2.45) is 0 Å². The normalized spacial score (nSPS) is 11.6. The van der Waals surface area contributed by atoms with E-state index in [9.17, 15) is 13.2 Å². The summed E-state index contributed by atoms with van der Waals surface area (Å²) in [5.41, 5.74) is 5.43. The fourth-order valence-electron chi connectivity index (χ4n) is 2.24. The van der Waals surface area contributed by atoms with Crippen LogP contribution >= 0.6 is 0 Å². The van der Waals surface area contributed by atoms with Gasteiger partial charge in [-0.2, -0.15) is 23.1 Å². The Balaban J connectivity index is 1.93. The highest BCUT2D eigenvalue weighted by atomic mass is 19.4. The summed E-state index contributed by atoms with van der Waals surface area (Å²) in [6.07, 6.45) is -2.86. The second-order valence-electron chi connectivity index (χ2n) is 4.81. The monoisotopic (exact) mass is 319 g/mol. The smallest absolute Gasteiger partial charge is 0.368 e. The summed E-state index contributed by atoms with van der Waals surface area (Å²) >= 11 is 0. The minimum absolute atomic E-state index is 0.00260. The van der Waals surface area contributed by atoms with Gasteiger partial charge in [0.25, 0.3) is 0 Å². The van der Waals surface area contributed by atoms with E-state index in [1.165, 1.54) is 12.1 Å². The number of benzene rings is 1. The van der Waals surface area contributed by atoms with Gasteiger partial charge in [0, 0.05) is 12.7 Å². The molecule has 0 aliphatic heterocycles. The molecule has 0 atom stereocenters. The summed E-state index contributed by atoms with van der Waals surface area (Å²) in [7, 11) is 0. The van der Waals surface area contributed by atoms with Crippen molar-refractivity contribution >= 4 is 22.8 Å². The van der Waals surface area contributed by atoms with Gasteiger partial charge in [0.1, 0.15) is 5.82 Å². The van der Waals surface area contributed by atoms with E-state index in [2.05, 4.69) is 20.3 Å². The number of nitrogens with one attached hydrogen (secondary N) is 1. The van der Waals surface area contributed by atoms with E-state index in [-0.39, 0.29) is 18.1 Å². The average Bonchev–Trinajstić information content (AvgIpc) is 2.52. The highest BCUT2D eigenvalue weighted by Crippen LogP contribution is 2.32. The highest BCUT2D eigenvalue weighted by Gasteiger charge is 2.32. The standard InChI is InChI=1S/C15H12F3N5/c16-15(17,18)11-6-2-1-4-9(11)8-21-13-10-5-3-7-20-12(10)22-14(19)23-13/h1-7H,8H2,(H3,19,20,21,22,23). The molecule has 0 fully saturated rings. The van der Waals surface area contributed by atoms with E-state index in [1.54, 1.807) is 24.4 Å². The molecule has 0 aliphatic rings. The fourth-order valence-corrected chi connectivity index (χ4v) is 2.24. The van der Waals surface area contributed by atoms with Crippen molar-refractivity contribution < 1.29 is 13.2 Å². The number of alkyl halides is 3. The molecule has 0 saturated carbocycles. The molecule has 0 spiro atoms. The molecular formula is C15H12F3N5. The highest BCUT2D eigenvalue weighted by molar-refractivity contribution is 5.87. The van der Waals surface area contributed by atoms with Gasteiger partial charge in [-0.15, -0.1) is 0 Å². The molecule has 2 heterocycles. The first-order chi connectivity index (χ1) is 10.9. The summed E-state index contributed by atoms with van der Waals surface area (Å²) in [4.78, 5) is 12.1. The van der Waals surface area contributed by atoms with Gasteiger partial charge in [0.15, 0.2) is 5.65 Å². The molecule has 0 saturated heterocycles. The zero-order valence-corrected chi connectivity index (χ0v) is 11.8. The van der Waals surface area contributed by atoms with Crippen LogP contribution < -0.4 is 11.1 Å². The van der Waals surface area contributed by atoms with Gasteiger partial charge in [-0.3, -0.25) is 0 Å². The molecule has 0 bridgehead atoms. The minimum atomic E-state index is -4.41. The van der Waals surface area contributed by atoms with Crippen LogP contribution in [0, 0.1) is 0 Å². The van der Waals surface area contributed by atoms with Crippen LogP contribution in [0.25, 0.3) is 11.0 Å². The minimum Gasteiger partial charge on any atom is -0.368 e. The molecule has 0 unspecified atom stereocenters. The maximum absolute atomic E-state index is 13.0. The molecule has 3 aromatic rings. The van der Waals surface area contributed by atoms with Crippen molar-refractivity contribution in [1.82, 2.24) is 15.0 Å². The van der Waals surface area contributed by atoms with E-state index < -0.39 is 11.7 Å². The molecule has 0 amide bonds. The van der Waals surface area contributed by atoms with Crippen molar-refractivity contribution in [3.63, 3.8) is 0 Å². The van der Waals surface area contributed by atoms with Gasteiger partial charge in [-0.25, -0.2) is 4.98 Å². The molecule has 3 N–H and O–H groups in total. The molecule has 5 nitrogen and oxygen atoms in total. The number of rotatable bonds is 3. The van der Waals surface area contributed by atoms with Crippen molar-refractivity contribution in [3.8, 4) is 0 Å². The lowest BCUT2D eigenvalue weighted by molar-refractivity contribution is -0.138. The number of hydrogen-bond acceptors (Lipinski definition) is 5. The quantitative estimate of drug-likeness (QED) is 0.775. The lowest BCUT2D eigenvalue weighted by atomic mass is 10.1. The SMILES string of the molecule is Nc1nc(NCc2ccccc2C(F)(F)F)c2cccnc2n1. The van der Waals surface area contributed by atoms with Crippen molar-refractivity contribution in [3.05, 3.63) is 53.7 Å². The predicted molar refractivity (Wildman–Crippen MR) is 80.5 cm³/mol. The lowest BCUT2D eigenvalue weighted by Gasteiger charge is -2.14. The van der Waals surface area contributed by atoms with E-state index in [0.717, 1.165) is 6.07 Å². The molecule has 3 rings (SSSR count). The van der Waals surface area contributed by atoms with Crippen LogP contribution in [-0.4, -0.2) is 15.0 Å². The zero-order chi connectivity index (χ0) is 16.4. The van der Waals surface area contributed by atoms with Crippen LogP contribution in [0.3, 0.4) is 0 Å². The van der Waals surface area contributed by atoms with Crippen LogP contribution in [0.1, 0.15) is 11.1 Å². The third-order valence-corrected chi connectivity index (χ3v) is 3.26. The van der Waals surface area contributed by atoms with Crippen molar-refractivity contribution in [2.45, 2.75) is 12.7 Å². The molecule has 118 valence electrons. The molecule has 0 aliphatic carbocycles. The third kappa shape index (κ3) is 3.15. The first kappa shape index (κ1) is 15.0. The third-order valence-electron chi connectivity index (χ3n) is 3.26. The largest absolute Gasteiger partial charge is 0.416 e. The number of anilines is 2. The Hall–Kier alpha value is -2.90. The molecule has 1 aromatic carbocycles. The Labute approximate surface area is 129 Å². The van der Waals surface area contributed by atoms with Gasteiger partial charge in [0.05, 0.1) is 10.9 Å². The Kier molecular flexibility index (Phi) is 3.73. The Morgan fingerprint density at radius 3 is 2.61 bits per heavy atom. The number of hydrogen-bond donors (Lipinski definition) is 2. The van der Waals surface area contributed by atoms with E-state index in [1.807, 2.05) is 0 Å². The van der Waals surface area contributed by atoms with Crippen molar-refractivity contribution in [2.75, 3.05) is 11.1 Å². The molecule has 23 heavy (non-hydrogen) atoms. The van der Waals surface area contributed by atoms with Gasteiger partial charge >= 0.3 is 6.18 Å². The second-order valence-corrected chi connectivity index (χ2v) is 4.81. The summed E-state index contributed by atoms with van der Waals surface area (Å²) in [5, 5.41) is 3.48. The lowest BCUT2D eigenvalue weighted by Crippen LogP contribution is -2.12. The van der Waals surface area contributed by atoms with Crippen LogP contribution in [0.15, 0.2) is 42.6 Å². The molecule has 8 heteroatoms. The Morgan fingerprint density at radius 2 is 1.83 bits per heavy atom. The average molecular weight is 319 g/mol. The van der Waals surface area contributed by atoms with Crippen LogP contribution in [-0.2, 0) is 12.7 Å². The second kappa shape index (κ2) is 5.71. The van der Waals surface area contributed by atoms with Crippen LogP contribution in [0.2, 0.25) is 0 Å². The van der Waals surface area contributed by atoms with E-state index in [0.29, 0.717) is 16.9 Å². The topological polar surface area (TPSA) is 76.7 Å². The number of nitrogen functional groups attached to an aromatic ring is 1. The number of pyridine rings is 1. The van der Waals surface area contributed by atoms with Crippen LogP contribution in [0.5, 0.6) is 0 Å². The first-order valence-corrected chi connectivity index (χ1v) is 6.72. The summed E-state index contributed by atoms with van der Waals surface area (Å²) in [6.45, 7) is -0.0455. The first-order valence-electron chi connectivity index (χ1n) is 6.72. The van der Waals surface area contributed by atoms with Gasteiger partial charge in [0.2, 0.25) is 5.95 Å². The Morgan fingerprint density at radius 1 is 1.04 bits per heavy atom. The predicted octanol–water partition coefficient (Wildman–Crippen LogP) is 3.24. The summed E-state index contributed by atoms with van der Waals surface area (Å²) in [6, 6.07) is 8.79. The fraction of sp³-hybridized carbons (Fsp3) is 0.133. The van der Waals surface area contributed by atoms with Gasteiger partial charge in [-0.1, -0.05) is 18.2 Å². The molecule has 0 radical (unpaired) electrons. The number of nitrogens with two attached hydrogens (primary N) is 1. The molecule has 2 aromatic heterocycles. The summed E-state index contributed by atoms with van der Waals surface area (Å²) < 4.78 is 39.0. The zero-order valence-electron chi connectivity index (χ0n) is 11.8. The van der Waals surface area contributed by atoms with Gasteiger partial charge < -0.3 is 11.1 Å². The van der Waals surface area contributed by atoms with E-state index in [4.69, 9.17) is 5.73 Å². The van der Waals surface area contributed by atoms with Crippen LogP contribution in [0.4, 0.5) is 24.9 Å². The number of nitrogens with zero attached hydrogens (tertiary/aromatic N) is 3.